The molecule has 0 unspecified atom stereocenters. The highest BCUT2D eigenvalue weighted by Crippen LogP contribution is 2.30. The number of carbonyl (C=O) groups excluding carboxylic acids is 1. The van der Waals surface area contributed by atoms with Crippen molar-refractivity contribution in [1.82, 2.24) is 9.55 Å². The monoisotopic (exact) mass is 497 g/mol. The Labute approximate surface area is 204 Å². The van der Waals surface area contributed by atoms with Crippen molar-refractivity contribution >= 4 is 34.3 Å². The summed E-state index contributed by atoms with van der Waals surface area (Å²) in [5.41, 5.74) is 1.82. The number of nitrogens with one attached hydrogen (secondary N) is 1. The van der Waals surface area contributed by atoms with E-state index in [1.165, 1.54) is 28.5 Å². The highest BCUT2D eigenvalue weighted by Gasteiger charge is 2.31. The van der Waals surface area contributed by atoms with E-state index in [0.717, 1.165) is 28.9 Å². The van der Waals surface area contributed by atoms with Gasteiger partial charge in [-0.05, 0) is 55.3 Å². The molecule has 0 saturated carbocycles. The van der Waals surface area contributed by atoms with E-state index in [4.69, 9.17) is 0 Å². The van der Waals surface area contributed by atoms with Crippen LogP contribution in [0.4, 0.5) is 18.9 Å². The lowest BCUT2D eigenvalue weighted by atomic mass is 10.1. The fourth-order valence-corrected chi connectivity index (χ4v) is 4.52. The highest BCUT2D eigenvalue weighted by molar-refractivity contribution is 7.99. The molecule has 1 aromatic heterocycles. The summed E-state index contributed by atoms with van der Waals surface area (Å²) < 4.78 is 41.1. The number of hydrogen-bond donors (Lipinski definition) is 1. The summed E-state index contributed by atoms with van der Waals surface area (Å²) >= 11 is 1.22. The molecule has 0 saturated heterocycles. The van der Waals surface area contributed by atoms with E-state index >= 15 is 0 Å². The number of alkyl halides is 3. The van der Waals surface area contributed by atoms with Crippen LogP contribution in [0.1, 0.15) is 22.5 Å². The SMILES string of the molecule is Cc1cccc(C)c1NC(=O)CSCc1nc2ccccc2c(=O)n1-c1cccc(C(F)(F)F)c1. The molecule has 35 heavy (non-hydrogen) atoms. The van der Waals surface area contributed by atoms with E-state index in [2.05, 4.69) is 10.3 Å². The number of aryl methyl sites for hydroxylation is 2. The largest absolute Gasteiger partial charge is 0.416 e. The average molecular weight is 498 g/mol. The van der Waals surface area contributed by atoms with E-state index in [0.29, 0.717) is 10.9 Å². The third kappa shape index (κ3) is 5.40. The van der Waals surface area contributed by atoms with Crippen LogP contribution in [0, 0.1) is 13.8 Å². The first-order valence-corrected chi connectivity index (χ1v) is 11.9. The van der Waals surface area contributed by atoms with Gasteiger partial charge in [0, 0.05) is 5.69 Å². The van der Waals surface area contributed by atoms with Gasteiger partial charge < -0.3 is 5.32 Å². The van der Waals surface area contributed by atoms with E-state index in [1.807, 2.05) is 32.0 Å². The molecule has 1 amide bonds. The Hall–Kier alpha value is -3.59. The van der Waals surface area contributed by atoms with Crippen LogP contribution < -0.4 is 10.9 Å². The van der Waals surface area contributed by atoms with Crippen molar-refractivity contribution in [2.24, 2.45) is 0 Å². The summed E-state index contributed by atoms with van der Waals surface area (Å²) in [7, 11) is 0. The minimum Gasteiger partial charge on any atom is -0.325 e. The van der Waals surface area contributed by atoms with E-state index < -0.39 is 17.3 Å². The van der Waals surface area contributed by atoms with E-state index in [1.54, 1.807) is 24.3 Å². The smallest absolute Gasteiger partial charge is 0.325 e. The molecule has 1 N–H and O–H groups in total. The number of fused-ring (bicyclic) bond motifs is 1. The van der Waals surface area contributed by atoms with Crippen LogP contribution in [0.3, 0.4) is 0 Å². The molecule has 180 valence electrons. The number of anilines is 1. The Morgan fingerprint density at radius 1 is 1.00 bits per heavy atom. The van der Waals surface area contributed by atoms with Crippen molar-refractivity contribution in [3.8, 4) is 5.69 Å². The summed E-state index contributed by atoms with van der Waals surface area (Å²) in [6, 6.07) is 17.0. The molecule has 0 bridgehead atoms. The van der Waals surface area contributed by atoms with Crippen molar-refractivity contribution in [3.05, 3.63) is 99.6 Å². The van der Waals surface area contributed by atoms with Gasteiger partial charge in [-0.25, -0.2) is 4.98 Å². The minimum atomic E-state index is -4.55. The zero-order chi connectivity index (χ0) is 25.2. The lowest BCUT2D eigenvalue weighted by Gasteiger charge is -2.15. The van der Waals surface area contributed by atoms with Crippen molar-refractivity contribution in [2.45, 2.75) is 25.8 Å². The van der Waals surface area contributed by atoms with Gasteiger partial charge in [0.2, 0.25) is 5.91 Å². The first-order chi connectivity index (χ1) is 16.6. The number of benzene rings is 3. The topological polar surface area (TPSA) is 64.0 Å². The van der Waals surface area contributed by atoms with Crippen LogP contribution in [0.25, 0.3) is 16.6 Å². The Kier molecular flexibility index (Phi) is 6.98. The maximum absolute atomic E-state index is 13.3. The first kappa shape index (κ1) is 24.5. The number of carbonyl (C=O) groups is 1. The highest BCUT2D eigenvalue weighted by atomic mass is 32.2. The summed E-state index contributed by atoms with van der Waals surface area (Å²) in [6.07, 6.45) is -4.55. The molecular formula is C26H22F3N3O2S. The lowest BCUT2D eigenvalue weighted by molar-refractivity contribution is -0.137. The third-order valence-electron chi connectivity index (χ3n) is 5.49. The van der Waals surface area contributed by atoms with Gasteiger partial charge in [0.15, 0.2) is 0 Å². The normalized spacial score (nSPS) is 11.6. The number of amides is 1. The third-order valence-corrected chi connectivity index (χ3v) is 6.42. The number of aromatic nitrogens is 2. The average Bonchev–Trinajstić information content (AvgIpc) is 2.81. The molecule has 0 spiro atoms. The van der Waals surface area contributed by atoms with Crippen LogP contribution in [-0.2, 0) is 16.7 Å². The second kappa shape index (κ2) is 9.95. The zero-order valence-corrected chi connectivity index (χ0v) is 19.8. The fourth-order valence-electron chi connectivity index (χ4n) is 3.79. The molecule has 0 fully saturated rings. The molecule has 0 radical (unpaired) electrons. The fraction of sp³-hybridized carbons (Fsp3) is 0.192. The minimum absolute atomic E-state index is 0.0682. The number of halogens is 3. The Balaban J connectivity index is 1.63. The number of hydrogen-bond acceptors (Lipinski definition) is 4. The van der Waals surface area contributed by atoms with Crippen LogP contribution in [0.15, 0.2) is 71.5 Å². The summed E-state index contributed by atoms with van der Waals surface area (Å²) in [6.45, 7) is 3.81. The van der Waals surface area contributed by atoms with Crippen LogP contribution in [-0.4, -0.2) is 21.2 Å². The van der Waals surface area contributed by atoms with Gasteiger partial charge >= 0.3 is 6.18 Å². The molecule has 0 atom stereocenters. The van der Waals surface area contributed by atoms with Gasteiger partial charge in [-0.15, -0.1) is 11.8 Å². The predicted octanol–water partition coefficient (Wildman–Crippen LogP) is 5.89. The van der Waals surface area contributed by atoms with Crippen molar-refractivity contribution in [2.75, 3.05) is 11.1 Å². The number of para-hydroxylation sites is 2. The van der Waals surface area contributed by atoms with Gasteiger partial charge in [0.25, 0.3) is 5.56 Å². The molecule has 9 heteroatoms. The Morgan fingerprint density at radius 2 is 1.69 bits per heavy atom. The van der Waals surface area contributed by atoms with E-state index in [9.17, 15) is 22.8 Å². The second-order valence-electron chi connectivity index (χ2n) is 8.04. The van der Waals surface area contributed by atoms with Gasteiger partial charge in [-0.3, -0.25) is 14.2 Å². The van der Waals surface area contributed by atoms with Gasteiger partial charge in [0.1, 0.15) is 5.82 Å². The first-order valence-electron chi connectivity index (χ1n) is 10.8. The van der Waals surface area contributed by atoms with Gasteiger partial charge in [-0.1, -0.05) is 36.4 Å². The zero-order valence-electron chi connectivity index (χ0n) is 19.0. The lowest BCUT2D eigenvalue weighted by Crippen LogP contribution is -2.24. The summed E-state index contributed by atoms with van der Waals surface area (Å²) in [5, 5.41) is 3.20. The number of nitrogens with zero attached hydrogens (tertiary/aromatic N) is 2. The maximum Gasteiger partial charge on any atom is 0.416 e. The summed E-state index contributed by atoms with van der Waals surface area (Å²) in [5.74, 6) is 0.272. The van der Waals surface area contributed by atoms with Crippen LogP contribution >= 0.6 is 11.8 Å². The Bertz CT molecular complexity index is 1440. The molecule has 3 aromatic carbocycles. The molecule has 4 aromatic rings. The quantitative estimate of drug-likeness (QED) is 0.361. The molecule has 1 heterocycles. The molecule has 0 aliphatic carbocycles. The van der Waals surface area contributed by atoms with Gasteiger partial charge in [0.05, 0.1) is 33.7 Å². The van der Waals surface area contributed by atoms with Crippen LogP contribution in [0.5, 0.6) is 0 Å². The van der Waals surface area contributed by atoms with E-state index in [-0.39, 0.29) is 28.9 Å². The van der Waals surface area contributed by atoms with Crippen molar-refractivity contribution in [3.63, 3.8) is 0 Å². The molecular weight excluding hydrogens is 475 g/mol. The Morgan fingerprint density at radius 3 is 2.40 bits per heavy atom. The van der Waals surface area contributed by atoms with Crippen LogP contribution in [0.2, 0.25) is 0 Å². The van der Waals surface area contributed by atoms with Gasteiger partial charge in [-0.2, -0.15) is 13.2 Å². The maximum atomic E-state index is 13.3. The molecule has 0 aliphatic heterocycles. The predicted molar refractivity (Wildman–Crippen MR) is 133 cm³/mol. The molecule has 4 rings (SSSR count). The van der Waals surface area contributed by atoms with Crippen molar-refractivity contribution < 1.29 is 18.0 Å². The molecule has 0 aliphatic rings. The standard InChI is InChI=1S/C26H22F3N3O2S/c1-16-7-5-8-17(2)24(16)31-23(33)15-35-14-22-30-21-12-4-3-11-20(21)25(34)32(22)19-10-6-9-18(13-19)26(27,28)29/h3-13H,14-15H2,1-2H3,(H,31,33). The van der Waals surface area contributed by atoms with Crippen molar-refractivity contribution in [1.29, 1.82) is 0 Å². The number of rotatable bonds is 6. The molecule has 5 nitrogen and oxygen atoms in total. The number of thioether (sulfide) groups is 1. The summed E-state index contributed by atoms with van der Waals surface area (Å²) in [4.78, 5) is 30.4. The second-order valence-corrected chi connectivity index (χ2v) is 9.03.